The van der Waals surface area contributed by atoms with Gasteiger partial charge in [0, 0.05) is 16.2 Å². The third kappa shape index (κ3) is 3.39. The molecule has 20 heavy (non-hydrogen) atoms. The summed E-state index contributed by atoms with van der Waals surface area (Å²) in [6.07, 6.45) is 0. The number of halogens is 1. The lowest BCUT2D eigenvalue weighted by molar-refractivity contribution is 0.566. The Morgan fingerprint density at radius 2 is 1.80 bits per heavy atom. The van der Waals surface area contributed by atoms with Crippen LogP contribution < -0.4 is 10.5 Å². The Morgan fingerprint density at radius 3 is 2.40 bits per heavy atom. The first-order valence-corrected chi connectivity index (χ1v) is 8.30. The van der Waals surface area contributed by atoms with E-state index in [9.17, 15) is 8.42 Å². The molecule has 3 N–H and O–H groups in total. The van der Waals surface area contributed by atoms with Crippen LogP contribution in [0.15, 0.2) is 57.9 Å². The molecule has 2 aromatic rings. The third-order valence-corrected chi connectivity index (χ3v) is 5.39. The van der Waals surface area contributed by atoms with Crippen LogP contribution in [0.5, 0.6) is 0 Å². The molecule has 6 heteroatoms. The first-order valence-electron chi connectivity index (χ1n) is 6.02. The van der Waals surface area contributed by atoms with Crippen molar-refractivity contribution in [2.24, 2.45) is 0 Å². The molecule has 0 spiro atoms. The summed E-state index contributed by atoms with van der Waals surface area (Å²) in [4.78, 5) is 0.175. The predicted octanol–water partition coefficient (Wildman–Crippen LogP) is 3.07. The Morgan fingerprint density at radius 1 is 1.15 bits per heavy atom. The molecule has 0 saturated carbocycles. The smallest absolute Gasteiger partial charge is 0.242 e. The Labute approximate surface area is 127 Å². The average Bonchev–Trinajstić information content (AvgIpc) is 2.38. The Hall–Kier alpha value is -1.37. The van der Waals surface area contributed by atoms with Crippen molar-refractivity contribution in [3.8, 4) is 0 Å². The van der Waals surface area contributed by atoms with E-state index in [-0.39, 0.29) is 10.9 Å². The molecule has 0 bridgehead atoms. The van der Waals surface area contributed by atoms with Crippen molar-refractivity contribution in [1.29, 1.82) is 0 Å². The number of nitrogen functional groups attached to an aromatic ring is 1. The summed E-state index contributed by atoms with van der Waals surface area (Å²) in [7, 11) is -3.61. The third-order valence-electron chi connectivity index (χ3n) is 2.88. The van der Waals surface area contributed by atoms with Crippen LogP contribution in [0.2, 0.25) is 0 Å². The molecular weight excluding hydrogens is 340 g/mol. The van der Waals surface area contributed by atoms with E-state index in [4.69, 9.17) is 5.73 Å². The molecule has 2 rings (SSSR count). The number of nitrogens with two attached hydrogens (primary N) is 1. The van der Waals surface area contributed by atoms with E-state index in [1.807, 2.05) is 30.3 Å². The zero-order valence-corrected chi connectivity index (χ0v) is 13.3. The highest BCUT2D eigenvalue weighted by atomic mass is 79.9. The number of hydrogen-bond acceptors (Lipinski definition) is 3. The first-order chi connectivity index (χ1) is 9.40. The molecular formula is C14H15BrN2O2S. The van der Waals surface area contributed by atoms with Gasteiger partial charge in [0.25, 0.3) is 0 Å². The zero-order valence-electron chi connectivity index (χ0n) is 10.9. The lowest BCUT2D eigenvalue weighted by Gasteiger charge is -2.15. The van der Waals surface area contributed by atoms with Crippen LogP contribution >= 0.6 is 15.9 Å². The predicted molar refractivity (Wildman–Crippen MR) is 83.7 cm³/mol. The summed E-state index contributed by atoms with van der Waals surface area (Å²) >= 11 is 3.23. The van der Waals surface area contributed by atoms with Crippen LogP contribution in [0, 0.1) is 0 Å². The normalized spacial score (nSPS) is 13.1. The molecule has 0 aliphatic carbocycles. The number of anilines is 1. The van der Waals surface area contributed by atoms with Crippen LogP contribution in [0.3, 0.4) is 0 Å². The molecule has 4 nitrogen and oxygen atoms in total. The fourth-order valence-electron chi connectivity index (χ4n) is 1.84. The van der Waals surface area contributed by atoms with Crippen LogP contribution in [-0.4, -0.2) is 8.42 Å². The van der Waals surface area contributed by atoms with E-state index < -0.39 is 10.0 Å². The number of hydrogen-bond donors (Lipinski definition) is 2. The van der Waals surface area contributed by atoms with Gasteiger partial charge in [-0.25, -0.2) is 13.1 Å². The number of rotatable bonds is 4. The lowest BCUT2D eigenvalue weighted by atomic mass is 10.1. The second kappa shape index (κ2) is 5.95. The molecule has 1 atom stereocenters. The molecule has 0 fully saturated rings. The summed E-state index contributed by atoms with van der Waals surface area (Å²) < 4.78 is 27.8. The average molecular weight is 355 g/mol. The quantitative estimate of drug-likeness (QED) is 0.828. The molecule has 0 radical (unpaired) electrons. The maximum Gasteiger partial charge on any atom is 0.242 e. The van der Waals surface area contributed by atoms with Crippen LogP contribution in [0.1, 0.15) is 18.5 Å². The zero-order chi connectivity index (χ0) is 14.8. The Balaban J connectivity index is 2.28. The minimum atomic E-state index is -3.61. The Bertz CT molecular complexity index is 702. The van der Waals surface area contributed by atoms with Crippen molar-refractivity contribution in [3.05, 3.63) is 58.6 Å². The molecule has 1 unspecified atom stereocenters. The van der Waals surface area contributed by atoms with E-state index in [0.29, 0.717) is 10.2 Å². The summed E-state index contributed by atoms with van der Waals surface area (Å²) in [5, 5.41) is 0. The minimum absolute atomic E-state index is 0.175. The topological polar surface area (TPSA) is 72.2 Å². The second-order valence-corrected chi connectivity index (χ2v) is 6.98. The van der Waals surface area contributed by atoms with Crippen molar-refractivity contribution in [1.82, 2.24) is 4.72 Å². The van der Waals surface area contributed by atoms with Gasteiger partial charge < -0.3 is 5.73 Å². The monoisotopic (exact) mass is 354 g/mol. The SMILES string of the molecule is CC(NS(=O)(=O)c1ccc(N)cc1Br)c1ccccc1. The van der Waals surface area contributed by atoms with Gasteiger partial charge in [0.05, 0.1) is 4.90 Å². The largest absolute Gasteiger partial charge is 0.399 e. The number of benzene rings is 2. The summed E-state index contributed by atoms with van der Waals surface area (Å²) in [5.41, 5.74) is 7.03. The van der Waals surface area contributed by atoms with Crippen molar-refractivity contribution in [3.63, 3.8) is 0 Å². The van der Waals surface area contributed by atoms with Gasteiger partial charge in [-0.1, -0.05) is 30.3 Å². The molecule has 106 valence electrons. The van der Waals surface area contributed by atoms with Gasteiger partial charge in [0.1, 0.15) is 0 Å². The molecule has 2 aromatic carbocycles. The molecule has 0 amide bonds. The fourth-order valence-corrected chi connectivity index (χ4v) is 4.17. The van der Waals surface area contributed by atoms with Gasteiger partial charge in [0.15, 0.2) is 0 Å². The highest BCUT2D eigenvalue weighted by molar-refractivity contribution is 9.10. The first kappa shape index (κ1) is 15.0. The van der Waals surface area contributed by atoms with Gasteiger partial charge in [-0.3, -0.25) is 0 Å². The van der Waals surface area contributed by atoms with Crippen LogP contribution in [-0.2, 0) is 10.0 Å². The van der Waals surface area contributed by atoms with E-state index >= 15 is 0 Å². The van der Waals surface area contributed by atoms with Crippen molar-refractivity contribution in [2.75, 3.05) is 5.73 Å². The Kier molecular flexibility index (Phi) is 4.47. The van der Waals surface area contributed by atoms with Crippen molar-refractivity contribution >= 4 is 31.6 Å². The molecule has 0 saturated heterocycles. The maximum absolute atomic E-state index is 12.4. The fraction of sp³-hybridized carbons (Fsp3) is 0.143. The van der Waals surface area contributed by atoms with Gasteiger partial charge in [0.2, 0.25) is 10.0 Å². The van der Waals surface area contributed by atoms with E-state index in [1.54, 1.807) is 19.1 Å². The standard InChI is InChI=1S/C14H15BrN2O2S/c1-10(11-5-3-2-4-6-11)17-20(18,19)14-8-7-12(16)9-13(14)15/h2-10,17H,16H2,1H3. The highest BCUT2D eigenvalue weighted by Gasteiger charge is 2.20. The number of sulfonamides is 1. The van der Waals surface area contributed by atoms with E-state index in [2.05, 4.69) is 20.7 Å². The van der Waals surface area contributed by atoms with Gasteiger partial charge in [-0.2, -0.15) is 0 Å². The van der Waals surface area contributed by atoms with Gasteiger partial charge >= 0.3 is 0 Å². The highest BCUT2D eigenvalue weighted by Crippen LogP contribution is 2.25. The number of nitrogens with one attached hydrogen (secondary N) is 1. The molecule has 0 aliphatic rings. The lowest BCUT2D eigenvalue weighted by Crippen LogP contribution is -2.27. The van der Waals surface area contributed by atoms with Gasteiger partial charge in [-0.05, 0) is 46.6 Å². The van der Waals surface area contributed by atoms with Crippen LogP contribution in [0.4, 0.5) is 5.69 Å². The molecule has 0 heterocycles. The minimum Gasteiger partial charge on any atom is -0.399 e. The van der Waals surface area contributed by atoms with Gasteiger partial charge in [-0.15, -0.1) is 0 Å². The van der Waals surface area contributed by atoms with Crippen molar-refractivity contribution in [2.45, 2.75) is 17.9 Å². The maximum atomic E-state index is 12.4. The molecule has 0 aromatic heterocycles. The summed E-state index contributed by atoms with van der Waals surface area (Å²) in [6.45, 7) is 1.80. The van der Waals surface area contributed by atoms with Crippen LogP contribution in [0.25, 0.3) is 0 Å². The summed E-state index contributed by atoms with van der Waals surface area (Å²) in [6, 6.07) is 13.7. The van der Waals surface area contributed by atoms with E-state index in [1.165, 1.54) is 6.07 Å². The van der Waals surface area contributed by atoms with E-state index in [0.717, 1.165) is 5.56 Å². The summed E-state index contributed by atoms with van der Waals surface area (Å²) in [5.74, 6) is 0. The van der Waals surface area contributed by atoms with Crippen molar-refractivity contribution < 1.29 is 8.42 Å². The molecule has 0 aliphatic heterocycles. The second-order valence-electron chi connectivity index (χ2n) is 4.44.